The molecule has 0 unspecified atom stereocenters. The van der Waals surface area contributed by atoms with Gasteiger partial charge in [-0.2, -0.15) is 0 Å². The predicted molar refractivity (Wildman–Crippen MR) is 105 cm³/mol. The molecule has 2 heterocycles. The van der Waals surface area contributed by atoms with Crippen LogP contribution in [0.5, 0.6) is 0 Å². The zero-order valence-corrected chi connectivity index (χ0v) is 16.2. The highest BCUT2D eigenvalue weighted by Gasteiger charge is 2.67. The van der Waals surface area contributed by atoms with Crippen molar-refractivity contribution in [1.29, 1.82) is 5.41 Å². The summed E-state index contributed by atoms with van der Waals surface area (Å²) in [6, 6.07) is 12.5. The summed E-state index contributed by atoms with van der Waals surface area (Å²) in [5.41, 5.74) is 1.44. The van der Waals surface area contributed by atoms with Crippen molar-refractivity contribution in [3.8, 4) is 0 Å². The maximum atomic E-state index is 10.7. The molecular weight excluding hydrogens is 398 g/mol. The Bertz CT molecular complexity index is 922. The summed E-state index contributed by atoms with van der Waals surface area (Å²) in [5.74, 6) is -1.72. The molecule has 0 aliphatic carbocycles. The number of aliphatic hydroxyl groups is 4. The van der Waals surface area contributed by atoms with E-state index in [1.165, 1.54) is 6.21 Å². The summed E-state index contributed by atoms with van der Waals surface area (Å²) >= 11 is 6.38. The maximum Gasteiger partial charge on any atom is 0.225 e. The first-order chi connectivity index (χ1) is 13.8. The standard InChI is InChI=1S/C21H22ClNO6/c22-16-6-5-15(8-14(16)7-12-1-3-13(9-23)4-2-12)21-19(27)17(25)18(26)20(10-24,29-21)11-28-21/h1-6,8-9,17-19,23-27H,7,10-11H2/t17-,18-,19+,20-,21-/m0/s1. The van der Waals surface area contributed by atoms with Crippen molar-refractivity contribution in [2.24, 2.45) is 0 Å². The molecule has 2 bridgehead atoms. The second-order valence-electron chi connectivity index (χ2n) is 7.53. The molecule has 29 heavy (non-hydrogen) atoms. The van der Waals surface area contributed by atoms with Gasteiger partial charge in [-0.3, -0.25) is 0 Å². The summed E-state index contributed by atoms with van der Waals surface area (Å²) in [6.07, 6.45) is -2.83. The Morgan fingerprint density at radius 3 is 2.48 bits per heavy atom. The molecule has 7 nitrogen and oxygen atoms in total. The van der Waals surface area contributed by atoms with Crippen molar-refractivity contribution in [3.05, 3.63) is 69.7 Å². The lowest BCUT2D eigenvalue weighted by Crippen LogP contribution is -2.65. The fourth-order valence-corrected chi connectivity index (χ4v) is 4.14. The smallest absolute Gasteiger partial charge is 0.225 e. The van der Waals surface area contributed by atoms with E-state index >= 15 is 0 Å². The van der Waals surface area contributed by atoms with Crippen molar-refractivity contribution in [2.45, 2.75) is 36.1 Å². The first kappa shape index (κ1) is 20.4. The molecule has 2 saturated heterocycles. The van der Waals surface area contributed by atoms with Gasteiger partial charge in [-0.1, -0.05) is 41.9 Å². The van der Waals surface area contributed by atoms with Gasteiger partial charge in [0.2, 0.25) is 5.79 Å². The van der Waals surface area contributed by atoms with Crippen LogP contribution in [0, 0.1) is 5.41 Å². The number of hydrogen-bond donors (Lipinski definition) is 5. The SMILES string of the molecule is N=Cc1ccc(Cc2cc([C@]34OC[C@](CO)(O3)[C@@H](O)[C@H](O)[C@H]4O)ccc2Cl)cc1. The van der Waals surface area contributed by atoms with Crippen LogP contribution in [0.4, 0.5) is 0 Å². The second kappa shape index (κ2) is 7.45. The molecule has 2 fully saturated rings. The molecule has 0 amide bonds. The molecule has 5 atom stereocenters. The molecule has 2 aromatic carbocycles. The third-order valence-electron chi connectivity index (χ3n) is 5.72. The van der Waals surface area contributed by atoms with Crippen molar-refractivity contribution in [3.63, 3.8) is 0 Å². The number of ether oxygens (including phenoxy) is 2. The van der Waals surface area contributed by atoms with Crippen LogP contribution in [-0.2, 0) is 21.7 Å². The number of nitrogens with one attached hydrogen (secondary N) is 1. The van der Waals surface area contributed by atoms with Crippen LogP contribution in [0.15, 0.2) is 42.5 Å². The molecule has 4 rings (SSSR count). The van der Waals surface area contributed by atoms with Crippen LogP contribution in [0.25, 0.3) is 0 Å². The fourth-order valence-electron chi connectivity index (χ4n) is 3.95. The molecular formula is C21H22ClNO6. The Labute approximate surface area is 172 Å². The van der Waals surface area contributed by atoms with Crippen molar-refractivity contribution in [1.82, 2.24) is 0 Å². The Morgan fingerprint density at radius 2 is 1.83 bits per heavy atom. The Balaban J connectivity index is 1.70. The lowest BCUT2D eigenvalue weighted by atomic mass is 9.83. The molecule has 2 aliphatic heterocycles. The summed E-state index contributed by atoms with van der Waals surface area (Å²) in [6.45, 7) is -0.749. The molecule has 0 saturated carbocycles. The van der Waals surface area contributed by atoms with E-state index in [-0.39, 0.29) is 6.61 Å². The van der Waals surface area contributed by atoms with E-state index in [1.807, 2.05) is 24.3 Å². The Morgan fingerprint density at radius 1 is 1.10 bits per heavy atom. The summed E-state index contributed by atoms with van der Waals surface area (Å²) in [4.78, 5) is 0. The lowest BCUT2D eigenvalue weighted by Gasteiger charge is -2.46. The summed E-state index contributed by atoms with van der Waals surface area (Å²) in [7, 11) is 0. The average molecular weight is 420 g/mol. The van der Waals surface area contributed by atoms with Gasteiger partial charge in [0.1, 0.15) is 23.9 Å². The van der Waals surface area contributed by atoms with Gasteiger partial charge in [-0.05, 0) is 35.2 Å². The van der Waals surface area contributed by atoms with Gasteiger partial charge in [0.15, 0.2) is 0 Å². The summed E-state index contributed by atoms with van der Waals surface area (Å²) in [5, 5.41) is 48.8. The van der Waals surface area contributed by atoms with Gasteiger partial charge in [-0.15, -0.1) is 0 Å². The third kappa shape index (κ3) is 3.19. The van der Waals surface area contributed by atoms with Gasteiger partial charge in [-0.25, -0.2) is 0 Å². The number of halogens is 1. The van der Waals surface area contributed by atoms with Crippen molar-refractivity contribution in [2.75, 3.05) is 13.2 Å². The first-order valence-corrected chi connectivity index (χ1v) is 9.60. The average Bonchev–Trinajstić information content (AvgIpc) is 3.13. The van der Waals surface area contributed by atoms with Crippen LogP contribution < -0.4 is 0 Å². The molecule has 8 heteroatoms. The van der Waals surface area contributed by atoms with E-state index in [9.17, 15) is 20.4 Å². The molecule has 0 spiro atoms. The minimum Gasteiger partial charge on any atom is -0.393 e. The van der Waals surface area contributed by atoms with Crippen molar-refractivity contribution < 1.29 is 29.9 Å². The maximum absolute atomic E-state index is 10.7. The van der Waals surface area contributed by atoms with Gasteiger partial charge >= 0.3 is 0 Å². The van der Waals surface area contributed by atoms with Gasteiger partial charge in [0.05, 0.1) is 13.2 Å². The van der Waals surface area contributed by atoms with E-state index in [1.54, 1.807) is 18.2 Å². The minimum absolute atomic E-state index is 0.179. The van der Waals surface area contributed by atoms with E-state index < -0.39 is 36.3 Å². The quantitative estimate of drug-likeness (QED) is 0.460. The first-order valence-electron chi connectivity index (χ1n) is 9.23. The molecule has 154 valence electrons. The third-order valence-corrected chi connectivity index (χ3v) is 6.09. The highest BCUT2D eigenvalue weighted by molar-refractivity contribution is 6.31. The fraction of sp³-hybridized carbons (Fsp3) is 0.381. The van der Waals surface area contributed by atoms with E-state index in [0.29, 0.717) is 17.0 Å². The molecule has 5 N–H and O–H groups in total. The molecule has 0 aromatic heterocycles. The van der Waals surface area contributed by atoms with Gasteiger partial charge < -0.3 is 35.3 Å². The van der Waals surface area contributed by atoms with Crippen LogP contribution in [0.3, 0.4) is 0 Å². The minimum atomic E-state index is -1.72. The largest absolute Gasteiger partial charge is 0.393 e. The van der Waals surface area contributed by atoms with E-state index in [0.717, 1.165) is 16.7 Å². The zero-order chi connectivity index (χ0) is 20.8. The van der Waals surface area contributed by atoms with Crippen LogP contribution in [0.1, 0.15) is 22.3 Å². The number of hydrogen-bond acceptors (Lipinski definition) is 7. The van der Waals surface area contributed by atoms with Gasteiger partial charge in [0, 0.05) is 16.8 Å². The number of aliphatic hydroxyl groups excluding tert-OH is 4. The monoisotopic (exact) mass is 419 g/mol. The highest BCUT2D eigenvalue weighted by Crippen LogP contribution is 2.49. The Hall–Kier alpha value is -1.84. The predicted octanol–water partition coefficient (Wildman–Crippen LogP) is 0.955. The lowest BCUT2D eigenvalue weighted by molar-refractivity contribution is -0.329. The van der Waals surface area contributed by atoms with Gasteiger partial charge in [0.25, 0.3) is 0 Å². The zero-order valence-electron chi connectivity index (χ0n) is 15.5. The van der Waals surface area contributed by atoms with E-state index in [4.69, 9.17) is 26.5 Å². The highest BCUT2D eigenvalue weighted by atomic mass is 35.5. The second-order valence-corrected chi connectivity index (χ2v) is 7.94. The number of fused-ring (bicyclic) bond motifs is 2. The number of benzene rings is 2. The molecule has 2 aromatic rings. The molecule has 0 radical (unpaired) electrons. The van der Waals surface area contributed by atoms with Crippen molar-refractivity contribution >= 4 is 17.8 Å². The molecule has 2 aliphatic rings. The number of rotatable bonds is 5. The van der Waals surface area contributed by atoms with Crippen LogP contribution >= 0.6 is 11.6 Å². The topological polar surface area (TPSA) is 123 Å². The van der Waals surface area contributed by atoms with E-state index in [2.05, 4.69) is 0 Å². The Kier molecular flexibility index (Phi) is 5.25. The van der Waals surface area contributed by atoms with Crippen LogP contribution in [-0.4, -0.2) is 63.8 Å². The normalized spacial score (nSPS) is 33.6. The summed E-state index contributed by atoms with van der Waals surface area (Å²) < 4.78 is 11.6. The van der Waals surface area contributed by atoms with Crippen LogP contribution in [0.2, 0.25) is 5.02 Å².